The minimum atomic E-state index is -0.272. The second kappa shape index (κ2) is 6.41. The molecular formula is C17H21N3O. The number of aryl methyl sites for hydroxylation is 2. The van der Waals surface area contributed by atoms with Gasteiger partial charge in [-0.2, -0.15) is 0 Å². The predicted octanol–water partition coefficient (Wildman–Crippen LogP) is 2.54. The molecule has 0 atom stereocenters. The number of benzene rings is 2. The van der Waals surface area contributed by atoms with Crippen molar-refractivity contribution < 1.29 is 4.79 Å². The quantitative estimate of drug-likeness (QED) is 0.515. The SMILES string of the molecule is Cc1cc(C)cc(N(C)Cc2cccc(C(=O)NN)c2)c1. The first-order chi connectivity index (χ1) is 9.99. The summed E-state index contributed by atoms with van der Waals surface area (Å²) in [6.45, 7) is 4.92. The Kier molecular flexibility index (Phi) is 4.60. The molecule has 4 heteroatoms. The molecule has 1 amide bonds. The molecule has 0 heterocycles. The van der Waals surface area contributed by atoms with Crippen LogP contribution in [0.15, 0.2) is 42.5 Å². The molecule has 0 aromatic heterocycles. The smallest absolute Gasteiger partial charge is 0.265 e. The summed E-state index contributed by atoms with van der Waals surface area (Å²) >= 11 is 0. The Labute approximate surface area is 125 Å². The molecule has 0 saturated heterocycles. The van der Waals surface area contributed by atoms with Gasteiger partial charge in [-0.3, -0.25) is 10.2 Å². The standard InChI is InChI=1S/C17H21N3O/c1-12-7-13(2)9-16(8-12)20(3)11-14-5-4-6-15(10-14)17(21)19-18/h4-10H,11,18H2,1-3H3,(H,19,21). The second-order valence-electron chi connectivity index (χ2n) is 5.38. The maximum absolute atomic E-state index is 11.6. The van der Waals surface area contributed by atoms with Gasteiger partial charge in [-0.15, -0.1) is 0 Å². The summed E-state index contributed by atoms with van der Waals surface area (Å²) in [6.07, 6.45) is 0. The van der Waals surface area contributed by atoms with Crippen LogP contribution in [0.2, 0.25) is 0 Å². The van der Waals surface area contributed by atoms with Gasteiger partial charge in [0.15, 0.2) is 0 Å². The molecule has 0 unspecified atom stereocenters. The van der Waals surface area contributed by atoms with Crippen LogP contribution in [0.4, 0.5) is 5.69 Å². The maximum Gasteiger partial charge on any atom is 0.265 e. The van der Waals surface area contributed by atoms with Gasteiger partial charge in [0, 0.05) is 24.8 Å². The van der Waals surface area contributed by atoms with E-state index in [0.717, 1.165) is 12.1 Å². The van der Waals surface area contributed by atoms with Gasteiger partial charge < -0.3 is 4.90 Å². The first-order valence-corrected chi connectivity index (χ1v) is 6.89. The highest BCUT2D eigenvalue weighted by molar-refractivity contribution is 5.93. The van der Waals surface area contributed by atoms with E-state index in [4.69, 9.17) is 5.84 Å². The largest absolute Gasteiger partial charge is 0.370 e. The number of rotatable bonds is 4. The van der Waals surface area contributed by atoms with Gasteiger partial charge in [-0.05, 0) is 54.8 Å². The van der Waals surface area contributed by atoms with Crippen LogP contribution in [0.1, 0.15) is 27.0 Å². The molecule has 0 bridgehead atoms. The fraction of sp³-hybridized carbons (Fsp3) is 0.235. The summed E-state index contributed by atoms with van der Waals surface area (Å²) in [5.41, 5.74) is 7.45. The van der Waals surface area contributed by atoms with Gasteiger partial charge >= 0.3 is 0 Å². The number of hydrogen-bond acceptors (Lipinski definition) is 3. The number of hydrazine groups is 1. The zero-order valence-corrected chi connectivity index (χ0v) is 12.7. The Morgan fingerprint density at radius 3 is 2.43 bits per heavy atom. The van der Waals surface area contributed by atoms with Crippen LogP contribution in [0.25, 0.3) is 0 Å². The van der Waals surface area contributed by atoms with Crippen molar-refractivity contribution in [2.75, 3.05) is 11.9 Å². The molecule has 0 fully saturated rings. The number of nitrogens with one attached hydrogen (secondary N) is 1. The van der Waals surface area contributed by atoms with Gasteiger partial charge in [0.05, 0.1) is 0 Å². The number of carbonyl (C=O) groups excluding carboxylic acids is 1. The Morgan fingerprint density at radius 1 is 1.14 bits per heavy atom. The lowest BCUT2D eigenvalue weighted by Gasteiger charge is -2.21. The molecule has 2 aromatic carbocycles. The minimum Gasteiger partial charge on any atom is -0.370 e. The van der Waals surface area contributed by atoms with Crippen LogP contribution < -0.4 is 16.2 Å². The van der Waals surface area contributed by atoms with Crippen LogP contribution in [-0.2, 0) is 6.54 Å². The zero-order chi connectivity index (χ0) is 15.4. The summed E-state index contributed by atoms with van der Waals surface area (Å²) in [6, 6.07) is 14.0. The molecule has 2 aromatic rings. The molecule has 0 spiro atoms. The van der Waals surface area contributed by atoms with Crippen molar-refractivity contribution in [1.82, 2.24) is 5.43 Å². The van der Waals surface area contributed by atoms with Crippen LogP contribution in [0.3, 0.4) is 0 Å². The average molecular weight is 283 g/mol. The minimum absolute atomic E-state index is 0.272. The molecule has 2 rings (SSSR count). The molecule has 0 aliphatic carbocycles. The maximum atomic E-state index is 11.6. The highest BCUT2D eigenvalue weighted by Crippen LogP contribution is 2.19. The number of nitrogen functional groups attached to an aromatic ring is 1. The molecule has 0 aliphatic rings. The number of anilines is 1. The van der Waals surface area contributed by atoms with Crippen molar-refractivity contribution >= 4 is 11.6 Å². The van der Waals surface area contributed by atoms with E-state index < -0.39 is 0 Å². The molecule has 3 N–H and O–H groups in total. The first-order valence-electron chi connectivity index (χ1n) is 6.89. The van der Waals surface area contributed by atoms with E-state index in [1.54, 1.807) is 6.07 Å². The van der Waals surface area contributed by atoms with Gasteiger partial charge in [0.1, 0.15) is 0 Å². The fourth-order valence-electron chi connectivity index (χ4n) is 2.43. The van der Waals surface area contributed by atoms with E-state index in [1.807, 2.05) is 25.2 Å². The molecule has 4 nitrogen and oxygen atoms in total. The van der Waals surface area contributed by atoms with E-state index in [1.165, 1.54) is 16.8 Å². The third kappa shape index (κ3) is 3.83. The Hall–Kier alpha value is -2.33. The highest BCUT2D eigenvalue weighted by Gasteiger charge is 2.07. The van der Waals surface area contributed by atoms with Crippen molar-refractivity contribution in [2.45, 2.75) is 20.4 Å². The lowest BCUT2D eigenvalue weighted by Crippen LogP contribution is -2.30. The summed E-state index contributed by atoms with van der Waals surface area (Å²) in [4.78, 5) is 13.7. The molecular weight excluding hydrogens is 262 g/mol. The van der Waals surface area contributed by atoms with E-state index in [0.29, 0.717) is 5.56 Å². The van der Waals surface area contributed by atoms with Crippen molar-refractivity contribution in [3.63, 3.8) is 0 Å². The average Bonchev–Trinajstić information content (AvgIpc) is 2.45. The van der Waals surface area contributed by atoms with Gasteiger partial charge in [0.25, 0.3) is 5.91 Å². The van der Waals surface area contributed by atoms with Crippen LogP contribution in [-0.4, -0.2) is 13.0 Å². The third-order valence-electron chi connectivity index (χ3n) is 3.39. The molecule has 0 saturated carbocycles. The fourth-order valence-corrected chi connectivity index (χ4v) is 2.43. The summed E-state index contributed by atoms with van der Waals surface area (Å²) < 4.78 is 0. The topological polar surface area (TPSA) is 58.4 Å². The summed E-state index contributed by atoms with van der Waals surface area (Å²) in [5, 5.41) is 0. The summed E-state index contributed by atoms with van der Waals surface area (Å²) in [7, 11) is 2.05. The zero-order valence-electron chi connectivity index (χ0n) is 12.7. The highest BCUT2D eigenvalue weighted by atomic mass is 16.2. The normalized spacial score (nSPS) is 10.3. The van der Waals surface area contributed by atoms with Gasteiger partial charge in [-0.1, -0.05) is 18.2 Å². The van der Waals surface area contributed by atoms with E-state index >= 15 is 0 Å². The van der Waals surface area contributed by atoms with Crippen molar-refractivity contribution in [1.29, 1.82) is 0 Å². The van der Waals surface area contributed by atoms with Gasteiger partial charge in [0.2, 0.25) is 0 Å². The van der Waals surface area contributed by atoms with Crippen LogP contribution in [0.5, 0.6) is 0 Å². The van der Waals surface area contributed by atoms with Crippen molar-refractivity contribution in [3.05, 3.63) is 64.7 Å². The van der Waals surface area contributed by atoms with Crippen LogP contribution >= 0.6 is 0 Å². The monoisotopic (exact) mass is 283 g/mol. The van der Waals surface area contributed by atoms with E-state index in [-0.39, 0.29) is 5.91 Å². The number of hydrogen-bond donors (Lipinski definition) is 2. The third-order valence-corrected chi connectivity index (χ3v) is 3.39. The second-order valence-corrected chi connectivity index (χ2v) is 5.38. The molecule has 110 valence electrons. The van der Waals surface area contributed by atoms with E-state index in [2.05, 4.69) is 42.4 Å². The Balaban J connectivity index is 2.19. The Bertz CT molecular complexity index is 632. The molecule has 0 radical (unpaired) electrons. The molecule has 0 aliphatic heterocycles. The number of amides is 1. The number of carbonyl (C=O) groups is 1. The lowest BCUT2D eigenvalue weighted by molar-refractivity contribution is 0.0953. The van der Waals surface area contributed by atoms with Crippen molar-refractivity contribution in [3.8, 4) is 0 Å². The van der Waals surface area contributed by atoms with Gasteiger partial charge in [-0.25, -0.2) is 5.84 Å². The number of nitrogens with zero attached hydrogens (tertiary/aromatic N) is 1. The van der Waals surface area contributed by atoms with E-state index in [9.17, 15) is 4.79 Å². The van der Waals surface area contributed by atoms with Crippen LogP contribution in [0, 0.1) is 13.8 Å². The lowest BCUT2D eigenvalue weighted by atomic mass is 10.1. The molecule has 21 heavy (non-hydrogen) atoms. The Morgan fingerprint density at radius 2 is 1.81 bits per heavy atom. The summed E-state index contributed by atoms with van der Waals surface area (Å²) in [5.74, 6) is 4.90. The first kappa shape index (κ1) is 15.1. The number of nitrogens with two attached hydrogens (primary N) is 1. The predicted molar refractivity (Wildman–Crippen MR) is 86.1 cm³/mol. The van der Waals surface area contributed by atoms with Crippen molar-refractivity contribution in [2.24, 2.45) is 5.84 Å².